The Hall–Kier alpha value is -2.08. The SMILES string of the molecule is CCOc1ccc(CCC(=O)N2CCCC(COC)(C(=O)O)C2)cc1. The fourth-order valence-electron chi connectivity index (χ4n) is 3.30. The fourth-order valence-corrected chi connectivity index (χ4v) is 3.30. The van der Waals surface area contributed by atoms with Gasteiger partial charge in [-0.15, -0.1) is 0 Å². The summed E-state index contributed by atoms with van der Waals surface area (Å²) < 4.78 is 10.5. The van der Waals surface area contributed by atoms with E-state index < -0.39 is 11.4 Å². The molecule has 1 N–H and O–H groups in total. The normalized spacial score (nSPS) is 20.3. The first-order chi connectivity index (χ1) is 12.0. The summed E-state index contributed by atoms with van der Waals surface area (Å²) in [4.78, 5) is 25.9. The summed E-state index contributed by atoms with van der Waals surface area (Å²) in [5.41, 5.74) is 0.0807. The Bertz CT molecular complexity index is 582. The molecule has 0 aliphatic carbocycles. The van der Waals surface area contributed by atoms with Crippen molar-refractivity contribution in [2.75, 3.05) is 33.4 Å². The Morgan fingerprint density at radius 2 is 2.00 bits per heavy atom. The molecule has 25 heavy (non-hydrogen) atoms. The molecule has 1 fully saturated rings. The van der Waals surface area contributed by atoms with Gasteiger partial charge in [-0.25, -0.2) is 0 Å². The van der Waals surface area contributed by atoms with Crippen LogP contribution >= 0.6 is 0 Å². The largest absolute Gasteiger partial charge is 0.494 e. The molecule has 1 atom stereocenters. The lowest BCUT2D eigenvalue weighted by Crippen LogP contribution is -2.52. The van der Waals surface area contributed by atoms with Crippen LogP contribution in [0.25, 0.3) is 0 Å². The number of benzene rings is 1. The first-order valence-corrected chi connectivity index (χ1v) is 8.72. The van der Waals surface area contributed by atoms with E-state index in [9.17, 15) is 14.7 Å². The molecule has 0 spiro atoms. The van der Waals surface area contributed by atoms with E-state index >= 15 is 0 Å². The molecule has 1 aliphatic heterocycles. The zero-order valence-electron chi connectivity index (χ0n) is 15.0. The molecule has 1 aromatic carbocycles. The number of likely N-dealkylation sites (tertiary alicyclic amines) is 1. The van der Waals surface area contributed by atoms with Crippen molar-refractivity contribution in [1.29, 1.82) is 0 Å². The highest BCUT2D eigenvalue weighted by atomic mass is 16.5. The Balaban J connectivity index is 1.92. The Morgan fingerprint density at radius 3 is 2.60 bits per heavy atom. The van der Waals surface area contributed by atoms with Gasteiger partial charge in [-0.2, -0.15) is 0 Å². The lowest BCUT2D eigenvalue weighted by Gasteiger charge is -2.39. The number of methoxy groups -OCH3 is 1. The van der Waals surface area contributed by atoms with E-state index in [1.165, 1.54) is 7.11 Å². The maximum atomic E-state index is 12.5. The minimum Gasteiger partial charge on any atom is -0.494 e. The van der Waals surface area contributed by atoms with Gasteiger partial charge >= 0.3 is 5.97 Å². The highest BCUT2D eigenvalue weighted by molar-refractivity contribution is 5.80. The van der Waals surface area contributed by atoms with E-state index in [1.54, 1.807) is 4.90 Å². The van der Waals surface area contributed by atoms with Crippen LogP contribution in [0.4, 0.5) is 0 Å². The zero-order valence-corrected chi connectivity index (χ0v) is 15.0. The molecule has 0 radical (unpaired) electrons. The predicted molar refractivity (Wildman–Crippen MR) is 93.7 cm³/mol. The molecule has 6 nitrogen and oxygen atoms in total. The quantitative estimate of drug-likeness (QED) is 0.780. The molecule has 1 aliphatic rings. The number of carbonyl (C=O) groups excluding carboxylic acids is 1. The number of rotatable bonds is 8. The standard InChI is InChI=1S/C19H27NO5/c1-3-25-16-8-5-15(6-9-16)7-10-17(21)20-12-4-11-19(13-20,14-24-2)18(22)23/h5-6,8-9H,3-4,7,10-14H2,1-2H3,(H,22,23). The summed E-state index contributed by atoms with van der Waals surface area (Å²) in [6.07, 6.45) is 2.23. The van der Waals surface area contributed by atoms with E-state index in [-0.39, 0.29) is 19.1 Å². The molecule has 6 heteroatoms. The summed E-state index contributed by atoms with van der Waals surface area (Å²) in [5, 5.41) is 9.57. The lowest BCUT2D eigenvalue weighted by atomic mass is 9.80. The van der Waals surface area contributed by atoms with Crippen LogP contribution in [-0.2, 0) is 20.7 Å². The van der Waals surface area contributed by atoms with Gasteiger partial charge in [0.25, 0.3) is 0 Å². The highest BCUT2D eigenvalue weighted by Gasteiger charge is 2.43. The number of piperidine rings is 1. The van der Waals surface area contributed by atoms with Gasteiger partial charge in [0, 0.05) is 26.6 Å². The number of ether oxygens (including phenoxy) is 2. The maximum absolute atomic E-state index is 12.5. The third kappa shape index (κ3) is 4.95. The van der Waals surface area contributed by atoms with Gasteiger partial charge in [0.1, 0.15) is 11.2 Å². The van der Waals surface area contributed by atoms with E-state index in [1.807, 2.05) is 31.2 Å². The number of amides is 1. The molecule has 1 saturated heterocycles. The number of carboxylic acids is 1. The Morgan fingerprint density at radius 1 is 1.28 bits per heavy atom. The van der Waals surface area contributed by atoms with Crippen molar-refractivity contribution in [2.45, 2.75) is 32.6 Å². The van der Waals surface area contributed by atoms with Crippen LogP contribution in [-0.4, -0.2) is 55.3 Å². The number of aliphatic carboxylic acids is 1. The van der Waals surface area contributed by atoms with Gasteiger partial charge in [0.2, 0.25) is 5.91 Å². The summed E-state index contributed by atoms with van der Waals surface area (Å²) >= 11 is 0. The van der Waals surface area contributed by atoms with Crippen molar-refractivity contribution in [2.24, 2.45) is 5.41 Å². The summed E-state index contributed by atoms with van der Waals surface area (Å²) in [5.74, 6) is -0.0758. The minimum absolute atomic E-state index is 0.00434. The van der Waals surface area contributed by atoms with Gasteiger partial charge in [-0.05, 0) is 43.9 Å². The van der Waals surface area contributed by atoms with Gasteiger partial charge < -0.3 is 19.5 Å². The van der Waals surface area contributed by atoms with Crippen LogP contribution in [0.1, 0.15) is 31.7 Å². The smallest absolute Gasteiger partial charge is 0.313 e. The van der Waals surface area contributed by atoms with E-state index in [0.717, 1.165) is 11.3 Å². The minimum atomic E-state index is -0.984. The van der Waals surface area contributed by atoms with Gasteiger partial charge in [-0.1, -0.05) is 12.1 Å². The molecule has 0 saturated carbocycles. The molecular weight excluding hydrogens is 322 g/mol. The Labute approximate surface area is 148 Å². The van der Waals surface area contributed by atoms with Crippen molar-refractivity contribution < 1.29 is 24.2 Å². The predicted octanol–water partition coefficient (Wildman–Crippen LogP) is 2.36. The Kier molecular flexibility index (Phi) is 6.82. The number of hydrogen-bond acceptors (Lipinski definition) is 4. The average Bonchev–Trinajstić information content (AvgIpc) is 2.61. The van der Waals surface area contributed by atoms with Crippen molar-refractivity contribution in [3.8, 4) is 5.75 Å². The number of carbonyl (C=O) groups is 2. The molecule has 0 bridgehead atoms. The third-order valence-electron chi connectivity index (χ3n) is 4.67. The monoisotopic (exact) mass is 349 g/mol. The van der Waals surface area contributed by atoms with Crippen molar-refractivity contribution in [3.63, 3.8) is 0 Å². The summed E-state index contributed by atoms with van der Waals surface area (Å²) in [6.45, 7) is 3.52. The van der Waals surface area contributed by atoms with Gasteiger partial charge in [0.15, 0.2) is 0 Å². The van der Waals surface area contributed by atoms with Gasteiger partial charge in [-0.3, -0.25) is 9.59 Å². The second-order valence-corrected chi connectivity index (χ2v) is 6.51. The van der Waals surface area contributed by atoms with Crippen molar-refractivity contribution in [1.82, 2.24) is 4.90 Å². The van der Waals surface area contributed by atoms with Crippen LogP contribution in [0.3, 0.4) is 0 Å². The molecular formula is C19H27NO5. The number of aryl methyl sites for hydroxylation is 1. The molecule has 1 amide bonds. The van der Waals surface area contributed by atoms with Crippen LogP contribution in [0, 0.1) is 5.41 Å². The van der Waals surface area contributed by atoms with E-state index in [2.05, 4.69) is 0 Å². The number of hydrogen-bond donors (Lipinski definition) is 1. The molecule has 2 rings (SSSR count). The van der Waals surface area contributed by atoms with E-state index in [4.69, 9.17) is 9.47 Å². The van der Waals surface area contributed by atoms with Gasteiger partial charge in [0.05, 0.1) is 13.2 Å². The maximum Gasteiger partial charge on any atom is 0.313 e. The first kappa shape index (κ1) is 19.2. The second-order valence-electron chi connectivity index (χ2n) is 6.51. The van der Waals surface area contributed by atoms with Crippen LogP contribution in [0.2, 0.25) is 0 Å². The first-order valence-electron chi connectivity index (χ1n) is 8.72. The lowest BCUT2D eigenvalue weighted by molar-refractivity contribution is -0.159. The van der Waals surface area contributed by atoms with Crippen molar-refractivity contribution >= 4 is 11.9 Å². The molecule has 1 unspecified atom stereocenters. The van der Waals surface area contributed by atoms with Crippen LogP contribution < -0.4 is 4.74 Å². The topological polar surface area (TPSA) is 76.1 Å². The second kappa shape index (κ2) is 8.85. The van der Waals surface area contributed by atoms with Crippen molar-refractivity contribution in [3.05, 3.63) is 29.8 Å². The number of nitrogens with zero attached hydrogens (tertiary/aromatic N) is 1. The number of carboxylic acid groups (broad SMARTS) is 1. The van der Waals surface area contributed by atoms with Crippen LogP contribution in [0.5, 0.6) is 5.75 Å². The zero-order chi connectivity index (χ0) is 18.3. The summed E-state index contributed by atoms with van der Waals surface area (Å²) in [6, 6.07) is 7.72. The van der Waals surface area contributed by atoms with Crippen LogP contribution in [0.15, 0.2) is 24.3 Å². The molecule has 1 aromatic rings. The summed E-state index contributed by atoms with van der Waals surface area (Å²) in [7, 11) is 1.50. The molecule has 1 heterocycles. The molecule has 0 aromatic heterocycles. The average molecular weight is 349 g/mol. The third-order valence-corrected chi connectivity index (χ3v) is 4.67. The highest BCUT2D eigenvalue weighted by Crippen LogP contribution is 2.31. The van der Waals surface area contributed by atoms with E-state index in [0.29, 0.717) is 38.8 Å². The fraction of sp³-hybridized carbons (Fsp3) is 0.579. The molecule has 138 valence electrons.